The number of para-hydroxylation sites is 2. The van der Waals surface area contributed by atoms with E-state index < -0.39 is 6.61 Å². The molecule has 2 aromatic heterocycles. The minimum atomic E-state index is -2.86. The Morgan fingerprint density at radius 2 is 1.86 bits per heavy atom. The van der Waals surface area contributed by atoms with Crippen LogP contribution in [-0.4, -0.2) is 31.3 Å². The second kappa shape index (κ2) is 7.55. The zero-order valence-corrected chi connectivity index (χ0v) is 14.9. The number of fused-ring (bicyclic) bond motifs is 1. The number of alkyl halides is 2. The number of benzene rings is 2. The van der Waals surface area contributed by atoms with Gasteiger partial charge in [-0.1, -0.05) is 19.1 Å². The van der Waals surface area contributed by atoms with Crippen LogP contribution in [0.1, 0.15) is 12.7 Å². The lowest BCUT2D eigenvalue weighted by molar-refractivity contribution is -0.0498. The number of anilines is 2. The molecule has 2 aromatic carbocycles. The van der Waals surface area contributed by atoms with Crippen molar-refractivity contribution in [2.75, 3.05) is 5.32 Å². The molecule has 0 aliphatic carbocycles. The first-order valence-electron chi connectivity index (χ1n) is 8.62. The van der Waals surface area contributed by atoms with Crippen LogP contribution >= 0.6 is 0 Å². The molecule has 7 nitrogen and oxygen atoms in total. The molecule has 9 heteroatoms. The summed E-state index contributed by atoms with van der Waals surface area (Å²) in [7, 11) is 0. The molecule has 1 N–H and O–H groups in total. The van der Waals surface area contributed by atoms with Crippen molar-refractivity contribution in [3.8, 4) is 11.7 Å². The maximum Gasteiger partial charge on any atom is 0.387 e. The van der Waals surface area contributed by atoms with Crippen LogP contribution in [0.15, 0.2) is 54.7 Å². The topological polar surface area (TPSA) is 77.8 Å². The van der Waals surface area contributed by atoms with Crippen molar-refractivity contribution in [1.82, 2.24) is 24.7 Å². The molecule has 0 amide bonds. The smallest absolute Gasteiger partial charge is 0.387 e. The van der Waals surface area contributed by atoms with Crippen molar-refractivity contribution in [1.29, 1.82) is 0 Å². The molecule has 0 aliphatic heterocycles. The Hall–Kier alpha value is -3.62. The molecule has 0 atom stereocenters. The molecule has 0 saturated heterocycles. The lowest BCUT2D eigenvalue weighted by Crippen LogP contribution is -2.08. The van der Waals surface area contributed by atoms with Gasteiger partial charge in [-0.05, 0) is 36.4 Å². The van der Waals surface area contributed by atoms with Gasteiger partial charge < -0.3 is 10.1 Å². The highest BCUT2D eigenvalue weighted by Gasteiger charge is 2.14. The number of nitrogens with zero attached hydrogens (tertiary/aromatic N) is 5. The Labute approximate surface area is 159 Å². The van der Waals surface area contributed by atoms with E-state index in [4.69, 9.17) is 0 Å². The van der Waals surface area contributed by atoms with Gasteiger partial charge in [-0.25, -0.2) is 4.98 Å². The predicted octanol–water partition coefficient (Wildman–Crippen LogP) is 4.12. The molecule has 142 valence electrons. The fourth-order valence-corrected chi connectivity index (χ4v) is 2.85. The van der Waals surface area contributed by atoms with Crippen molar-refractivity contribution in [2.45, 2.75) is 20.0 Å². The predicted molar refractivity (Wildman–Crippen MR) is 100 cm³/mol. The van der Waals surface area contributed by atoms with Gasteiger partial charge in [0.05, 0.1) is 17.2 Å². The van der Waals surface area contributed by atoms with E-state index in [2.05, 4.69) is 30.2 Å². The zero-order valence-electron chi connectivity index (χ0n) is 14.9. The second-order valence-electron chi connectivity index (χ2n) is 5.88. The first kappa shape index (κ1) is 17.8. The van der Waals surface area contributed by atoms with Crippen LogP contribution in [0, 0.1) is 0 Å². The molecule has 0 saturated carbocycles. The molecule has 0 aliphatic rings. The third-order valence-electron chi connectivity index (χ3n) is 4.05. The van der Waals surface area contributed by atoms with Gasteiger partial charge in [0.1, 0.15) is 11.6 Å². The van der Waals surface area contributed by atoms with Gasteiger partial charge in [0.25, 0.3) is 5.95 Å². The van der Waals surface area contributed by atoms with Crippen molar-refractivity contribution in [2.24, 2.45) is 0 Å². The summed E-state index contributed by atoms with van der Waals surface area (Å²) < 4.78 is 30.7. The number of nitrogens with one attached hydrogen (secondary N) is 1. The molecule has 28 heavy (non-hydrogen) atoms. The SMILES string of the molecule is CCc1nc2ccccc2n1-c1nncc(Nc2ccc(OC(F)F)cc2)n1. The van der Waals surface area contributed by atoms with Gasteiger partial charge in [-0.2, -0.15) is 18.9 Å². The number of aromatic nitrogens is 5. The van der Waals surface area contributed by atoms with Gasteiger partial charge in [0, 0.05) is 12.1 Å². The first-order valence-corrected chi connectivity index (χ1v) is 8.62. The minimum Gasteiger partial charge on any atom is -0.435 e. The Balaban J connectivity index is 1.64. The minimum absolute atomic E-state index is 0.0829. The highest BCUT2D eigenvalue weighted by atomic mass is 19.3. The first-order chi connectivity index (χ1) is 13.6. The van der Waals surface area contributed by atoms with E-state index in [-0.39, 0.29) is 5.75 Å². The highest BCUT2D eigenvalue weighted by molar-refractivity contribution is 5.77. The number of halogens is 2. The van der Waals surface area contributed by atoms with E-state index in [0.29, 0.717) is 23.9 Å². The van der Waals surface area contributed by atoms with Crippen molar-refractivity contribution in [3.05, 3.63) is 60.6 Å². The molecule has 0 spiro atoms. The Morgan fingerprint density at radius 1 is 1.07 bits per heavy atom. The van der Waals surface area contributed by atoms with Gasteiger partial charge >= 0.3 is 6.61 Å². The summed E-state index contributed by atoms with van der Waals surface area (Å²) in [5.74, 6) is 1.77. The fourth-order valence-electron chi connectivity index (χ4n) is 2.85. The lowest BCUT2D eigenvalue weighted by Gasteiger charge is -2.09. The summed E-state index contributed by atoms with van der Waals surface area (Å²) >= 11 is 0. The maximum atomic E-state index is 12.2. The summed E-state index contributed by atoms with van der Waals surface area (Å²) in [5.41, 5.74) is 2.40. The summed E-state index contributed by atoms with van der Waals surface area (Å²) in [5, 5.41) is 11.3. The van der Waals surface area contributed by atoms with E-state index >= 15 is 0 Å². The number of hydrogen-bond acceptors (Lipinski definition) is 6. The van der Waals surface area contributed by atoms with Crippen LogP contribution in [0.3, 0.4) is 0 Å². The summed E-state index contributed by atoms with van der Waals surface area (Å²) in [6.45, 7) is -0.846. The quantitative estimate of drug-likeness (QED) is 0.541. The van der Waals surface area contributed by atoms with Gasteiger partial charge in [0.2, 0.25) is 0 Å². The van der Waals surface area contributed by atoms with Crippen LogP contribution in [0.4, 0.5) is 20.3 Å². The third-order valence-corrected chi connectivity index (χ3v) is 4.05. The van der Waals surface area contributed by atoms with Crippen LogP contribution in [0.2, 0.25) is 0 Å². The number of imidazole rings is 1. The lowest BCUT2D eigenvalue weighted by atomic mass is 10.3. The van der Waals surface area contributed by atoms with E-state index in [9.17, 15) is 8.78 Å². The van der Waals surface area contributed by atoms with E-state index in [0.717, 1.165) is 16.9 Å². The molecule has 0 fully saturated rings. The summed E-state index contributed by atoms with van der Waals surface area (Å²) in [4.78, 5) is 9.14. The summed E-state index contributed by atoms with van der Waals surface area (Å²) in [6, 6.07) is 13.9. The van der Waals surface area contributed by atoms with Crippen LogP contribution in [0.25, 0.3) is 17.0 Å². The van der Waals surface area contributed by atoms with Crippen LogP contribution in [-0.2, 0) is 6.42 Å². The molecule has 4 aromatic rings. The van der Waals surface area contributed by atoms with Gasteiger partial charge in [-0.3, -0.25) is 4.57 Å². The van der Waals surface area contributed by atoms with Gasteiger partial charge in [0.15, 0.2) is 5.82 Å². The number of aryl methyl sites for hydroxylation is 1. The number of ether oxygens (including phenoxy) is 1. The Bertz CT molecular complexity index is 1100. The van der Waals surface area contributed by atoms with Crippen molar-refractivity contribution >= 4 is 22.5 Å². The molecule has 4 rings (SSSR count). The molecule has 0 radical (unpaired) electrons. The van der Waals surface area contributed by atoms with Crippen LogP contribution in [0.5, 0.6) is 5.75 Å². The van der Waals surface area contributed by atoms with E-state index in [1.54, 1.807) is 12.1 Å². The molecule has 0 bridgehead atoms. The summed E-state index contributed by atoms with van der Waals surface area (Å²) in [6.07, 6.45) is 2.19. The fraction of sp³-hybridized carbons (Fsp3) is 0.158. The molecule has 0 unspecified atom stereocenters. The maximum absolute atomic E-state index is 12.2. The molecular formula is C19H16F2N6O. The molecule has 2 heterocycles. The Morgan fingerprint density at radius 3 is 2.61 bits per heavy atom. The standard InChI is InChI=1S/C19H16F2N6O/c1-2-17-24-14-5-3-4-6-15(14)27(17)19-25-16(11-22-26-19)23-12-7-9-13(10-8-12)28-18(20)21/h3-11,18H,2H2,1H3,(H,23,25,26). The highest BCUT2D eigenvalue weighted by Crippen LogP contribution is 2.22. The number of hydrogen-bond donors (Lipinski definition) is 1. The average molecular weight is 382 g/mol. The van der Waals surface area contributed by atoms with Crippen molar-refractivity contribution < 1.29 is 13.5 Å². The monoisotopic (exact) mass is 382 g/mol. The number of rotatable bonds is 6. The van der Waals surface area contributed by atoms with E-state index in [1.165, 1.54) is 18.3 Å². The van der Waals surface area contributed by atoms with Crippen LogP contribution < -0.4 is 10.1 Å². The third kappa shape index (κ3) is 3.59. The molecular weight excluding hydrogens is 366 g/mol. The Kier molecular flexibility index (Phi) is 4.79. The second-order valence-corrected chi connectivity index (χ2v) is 5.88. The zero-order chi connectivity index (χ0) is 19.5. The normalized spacial score (nSPS) is 11.1. The van der Waals surface area contributed by atoms with Gasteiger partial charge in [-0.15, -0.1) is 5.10 Å². The van der Waals surface area contributed by atoms with E-state index in [1.807, 2.05) is 35.8 Å². The van der Waals surface area contributed by atoms with Crippen molar-refractivity contribution in [3.63, 3.8) is 0 Å². The average Bonchev–Trinajstić information content (AvgIpc) is 3.08. The largest absolute Gasteiger partial charge is 0.435 e.